The predicted molar refractivity (Wildman–Crippen MR) is 111 cm³/mol. The molecule has 1 aromatic rings. The van der Waals surface area contributed by atoms with Crippen molar-refractivity contribution in [2.45, 2.75) is 67.0 Å². The molecule has 0 aromatic heterocycles. The summed E-state index contributed by atoms with van der Waals surface area (Å²) < 4.78 is 0. The van der Waals surface area contributed by atoms with E-state index in [4.69, 9.17) is 5.73 Å². The van der Waals surface area contributed by atoms with Crippen LogP contribution in [0.4, 0.5) is 0 Å². The molecule has 0 fully saturated rings. The molecule has 0 saturated carbocycles. The summed E-state index contributed by atoms with van der Waals surface area (Å²) in [4.78, 5) is 10.8. The Hall–Kier alpha value is -0.150. The number of halogens is 2. The first-order valence-corrected chi connectivity index (χ1v) is 10.7. The third-order valence-corrected chi connectivity index (χ3v) is 4.23. The van der Waals surface area contributed by atoms with Crippen molar-refractivity contribution < 1.29 is 55.8 Å². The van der Waals surface area contributed by atoms with Crippen LogP contribution in [0.1, 0.15) is 64.4 Å². The molecule has 2 radical (unpaired) electrons. The van der Waals surface area contributed by atoms with Gasteiger partial charge < -0.3 is 35.3 Å². The van der Waals surface area contributed by atoms with Gasteiger partial charge in [-0.15, -0.1) is 6.92 Å². The van der Waals surface area contributed by atoms with Crippen LogP contribution in [-0.2, 0) is 31.6 Å². The minimum Gasteiger partial charge on any atom is -1.00 e. The molecule has 2 nitrogen and oxygen atoms in total. The van der Waals surface area contributed by atoms with Crippen molar-refractivity contribution >= 4 is 15.4 Å². The molecule has 1 aliphatic carbocycles. The minimum atomic E-state index is -0.619. The van der Waals surface area contributed by atoms with Crippen molar-refractivity contribution in [1.29, 1.82) is 0 Å². The molecule has 2 rings (SSSR count). The van der Waals surface area contributed by atoms with Crippen LogP contribution < -0.4 is 24.8 Å². The molecule has 0 heterocycles. The monoisotopic (exact) mass is 515 g/mol. The van der Waals surface area contributed by atoms with Crippen molar-refractivity contribution in [1.82, 2.24) is 0 Å². The Bertz CT molecular complexity index is 652. The van der Waals surface area contributed by atoms with E-state index >= 15 is 0 Å². The molecule has 1 aliphatic rings. The van der Waals surface area contributed by atoms with Crippen molar-refractivity contribution in [3.63, 3.8) is 0 Å². The van der Waals surface area contributed by atoms with Crippen LogP contribution in [0.5, 0.6) is 0 Å². The SMILES string of the molecule is CC(C)(C)c1cccc(C([NH-])=O)c1.CC1=[C-]C(C)C(C)=C1C.C[Si]C.[Cl-].[Cl-].[Zr+4]. The zero-order valence-corrected chi connectivity index (χ0v) is 23.5. The van der Waals surface area contributed by atoms with Crippen LogP contribution >= 0.6 is 0 Å². The first kappa shape index (κ1) is 35.3. The zero-order valence-electron chi connectivity index (χ0n) is 18.6. The van der Waals surface area contributed by atoms with Crippen molar-refractivity contribution in [3.8, 4) is 0 Å². The normalized spacial score (nSPS) is 14.6. The van der Waals surface area contributed by atoms with Gasteiger partial charge in [-0.2, -0.15) is 11.1 Å². The number of hydrogen-bond donors (Lipinski definition) is 0. The molecule has 0 bridgehead atoms. The molecule has 1 aromatic carbocycles. The van der Waals surface area contributed by atoms with Crippen molar-refractivity contribution in [3.05, 3.63) is 63.9 Å². The number of rotatable bonds is 1. The fraction of sp³-hybridized carbons (Fsp3) is 0.500. The number of allylic oxidation sites excluding steroid dienone is 4. The van der Waals surface area contributed by atoms with Crippen LogP contribution in [0.3, 0.4) is 0 Å². The van der Waals surface area contributed by atoms with Gasteiger partial charge in [0.15, 0.2) is 0 Å². The fourth-order valence-electron chi connectivity index (χ4n) is 2.29. The maximum absolute atomic E-state index is 10.8. The molecule has 154 valence electrons. The Kier molecular flexibility index (Phi) is 21.0. The maximum atomic E-state index is 10.8. The van der Waals surface area contributed by atoms with Crippen LogP contribution in [0.25, 0.3) is 5.73 Å². The molecule has 1 unspecified atom stereocenters. The Morgan fingerprint density at radius 1 is 1.11 bits per heavy atom. The Morgan fingerprint density at radius 3 is 1.82 bits per heavy atom. The third kappa shape index (κ3) is 12.4. The molecule has 1 atom stereocenters. The molecule has 1 amide bonds. The van der Waals surface area contributed by atoms with E-state index in [2.05, 4.69) is 67.6 Å². The molecule has 0 spiro atoms. The van der Waals surface area contributed by atoms with Gasteiger partial charge in [-0.05, 0) is 22.6 Å². The van der Waals surface area contributed by atoms with E-state index in [1.54, 1.807) is 12.1 Å². The topological polar surface area (TPSA) is 40.9 Å². The average molecular weight is 518 g/mol. The Labute approximate surface area is 207 Å². The molecule has 28 heavy (non-hydrogen) atoms. The van der Waals surface area contributed by atoms with E-state index in [0.717, 1.165) is 15.1 Å². The summed E-state index contributed by atoms with van der Waals surface area (Å²) in [6.45, 7) is 19.2. The largest absolute Gasteiger partial charge is 4.00 e. The van der Waals surface area contributed by atoms with E-state index in [-0.39, 0.29) is 56.4 Å². The summed E-state index contributed by atoms with van der Waals surface area (Å²) >= 11 is 0. The first-order valence-electron chi connectivity index (χ1n) is 8.68. The summed E-state index contributed by atoms with van der Waals surface area (Å²) in [7, 11) is 1.08. The number of carbonyl (C=O) groups is 1. The third-order valence-electron chi connectivity index (χ3n) is 4.23. The van der Waals surface area contributed by atoms with E-state index < -0.39 is 5.91 Å². The minimum absolute atomic E-state index is 0. The van der Waals surface area contributed by atoms with Crippen LogP contribution in [0, 0.1) is 12.0 Å². The summed E-state index contributed by atoms with van der Waals surface area (Å²) in [5.41, 5.74) is 12.8. The van der Waals surface area contributed by atoms with Gasteiger partial charge in [-0.25, -0.2) is 5.57 Å². The van der Waals surface area contributed by atoms with Crippen LogP contribution in [-0.4, -0.2) is 15.4 Å². The molecule has 6 heteroatoms. The van der Waals surface area contributed by atoms with Gasteiger partial charge in [-0.3, -0.25) is 6.08 Å². The van der Waals surface area contributed by atoms with Gasteiger partial charge in [0.05, 0.1) is 5.91 Å². The molecule has 0 aliphatic heterocycles. The van der Waals surface area contributed by atoms with Crippen molar-refractivity contribution in [2.24, 2.45) is 5.92 Å². The number of nitrogens with one attached hydrogen (secondary N) is 1. The van der Waals surface area contributed by atoms with Gasteiger partial charge in [0.2, 0.25) is 0 Å². The standard InChI is InChI=1S/C11H15NO.C9H13.C2H6Si.2ClH.Zr/c1-11(2,3)9-6-4-5-8(7-9)10(12)13;1-6-5-7(2)9(4)8(6)3;1-3-2;;;/h4-7H,1-3H3,(H2,12,13);6H,1-4H3;1-2H3;2*1H;/q;-1;;;;+4/p-3. The van der Waals surface area contributed by atoms with Gasteiger partial charge in [0.1, 0.15) is 0 Å². The summed E-state index contributed by atoms with van der Waals surface area (Å²) in [5.74, 6) is -0.0592. The summed E-state index contributed by atoms with van der Waals surface area (Å²) in [6, 6.07) is 7.26. The quantitative estimate of drug-likeness (QED) is 0.399. The second-order valence-electron chi connectivity index (χ2n) is 7.46. The number of carbonyl (C=O) groups excluding carboxylic acids is 1. The van der Waals surface area contributed by atoms with Crippen LogP contribution in [0.2, 0.25) is 13.1 Å². The fourth-order valence-corrected chi connectivity index (χ4v) is 2.29. The molecular weight excluding hydrogens is 484 g/mol. The second kappa shape index (κ2) is 16.6. The van der Waals surface area contributed by atoms with E-state index in [0.29, 0.717) is 11.5 Å². The van der Waals surface area contributed by atoms with Crippen molar-refractivity contribution in [2.75, 3.05) is 0 Å². The van der Waals surface area contributed by atoms with Gasteiger partial charge >= 0.3 is 26.2 Å². The Balaban J connectivity index is -0.000000170. The van der Waals surface area contributed by atoms with Gasteiger partial charge in [0, 0.05) is 9.52 Å². The predicted octanol–water partition coefficient (Wildman–Crippen LogP) is 0.691. The summed E-state index contributed by atoms with van der Waals surface area (Å²) in [6.07, 6.45) is 3.36. The first-order chi connectivity index (χ1) is 11.4. The Morgan fingerprint density at radius 2 is 1.57 bits per heavy atom. The van der Waals surface area contributed by atoms with E-state index in [1.165, 1.54) is 16.7 Å². The molecule has 0 saturated heterocycles. The van der Waals surface area contributed by atoms with E-state index in [1.807, 2.05) is 12.1 Å². The number of benzene rings is 1. The van der Waals surface area contributed by atoms with E-state index in [9.17, 15) is 4.79 Å². The van der Waals surface area contributed by atoms with Crippen LogP contribution in [0.15, 0.2) is 41.0 Å². The number of amides is 1. The zero-order chi connectivity index (χ0) is 19.8. The second-order valence-corrected chi connectivity index (χ2v) is 8.46. The maximum Gasteiger partial charge on any atom is 4.00 e. The molecular formula is C22H33Cl2NOSiZr. The van der Waals surface area contributed by atoms with Gasteiger partial charge in [0.25, 0.3) is 0 Å². The van der Waals surface area contributed by atoms with Gasteiger partial charge in [-0.1, -0.05) is 78.8 Å². The molecule has 1 N–H and O–H groups in total. The smallest absolute Gasteiger partial charge is 1.00 e. The summed E-state index contributed by atoms with van der Waals surface area (Å²) in [5, 5.41) is 0. The number of hydrogen-bond acceptors (Lipinski definition) is 1. The average Bonchev–Trinajstić information content (AvgIpc) is 2.74.